The van der Waals surface area contributed by atoms with Crippen LogP contribution >= 0.6 is 0 Å². The number of sulfone groups is 1. The standard InChI is InChI=1S/C8H16O2S.CH2O3/c1-3-8(4-2)6-5-7-11(8,9)10;2-1(3)4/h3-7H2,1-2H3;(H2,2,3,4). The van der Waals surface area contributed by atoms with Crippen molar-refractivity contribution in [2.45, 2.75) is 44.3 Å². The smallest absolute Gasteiger partial charge is 0.450 e. The van der Waals surface area contributed by atoms with Crippen LogP contribution in [-0.2, 0) is 9.84 Å². The molecule has 0 unspecified atom stereocenters. The molecule has 6 heteroatoms. The first-order valence-electron chi connectivity index (χ1n) is 4.95. The van der Waals surface area contributed by atoms with Crippen LogP contribution in [0.15, 0.2) is 0 Å². The minimum absolute atomic E-state index is 0.354. The lowest BCUT2D eigenvalue weighted by atomic mass is 9.97. The predicted molar refractivity (Wildman–Crippen MR) is 57.0 cm³/mol. The molecule has 1 fully saturated rings. The Labute approximate surface area is 90.0 Å². The Balaban J connectivity index is 0.000000423. The highest BCUT2D eigenvalue weighted by Gasteiger charge is 2.44. The molecule has 0 radical (unpaired) electrons. The fourth-order valence-corrected chi connectivity index (χ4v) is 4.29. The zero-order chi connectivity index (χ0) is 12.1. The lowest BCUT2D eigenvalue weighted by molar-refractivity contribution is 0.137. The van der Waals surface area contributed by atoms with Crippen LogP contribution in [0.1, 0.15) is 39.5 Å². The third-order valence-corrected chi connectivity index (χ3v) is 5.92. The first-order valence-corrected chi connectivity index (χ1v) is 6.60. The van der Waals surface area contributed by atoms with Crippen LogP contribution in [0.4, 0.5) is 4.79 Å². The summed E-state index contributed by atoms with van der Waals surface area (Å²) in [5.41, 5.74) is 0. The van der Waals surface area contributed by atoms with Crippen molar-refractivity contribution in [3.8, 4) is 0 Å². The van der Waals surface area contributed by atoms with Crippen molar-refractivity contribution >= 4 is 16.0 Å². The van der Waals surface area contributed by atoms with Gasteiger partial charge in [0.2, 0.25) is 0 Å². The molecule has 1 saturated heterocycles. The molecule has 1 heterocycles. The molecule has 5 nitrogen and oxygen atoms in total. The Morgan fingerprint density at radius 1 is 1.27 bits per heavy atom. The SMILES string of the molecule is CCC1(CC)CCCS1(=O)=O.O=C(O)O. The first-order chi connectivity index (χ1) is 6.81. The molecule has 1 rings (SSSR count). The van der Waals surface area contributed by atoms with E-state index in [-0.39, 0.29) is 4.75 Å². The number of carboxylic acid groups (broad SMARTS) is 2. The number of hydrogen-bond donors (Lipinski definition) is 2. The highest BCUT2D eigenvalue weighted by Crippen LogP contribution is 2.37. The highest BCUT2D eigenvalue weighted by atomic mass is 32.2. The molecule has 90 valence electrons. The number of rotatable bonds is 2. The topological polar surface area (TPSA) is 91.7 Å². The summed E-state index contributed by atoms with van der Waals surface area (Å²) < 4.78 is 22.7. The van der Waals surface area contributed by atoms with E-state index in [4.69, 9.17) is 15.0 Å². The normalized spacial score (nSPS) is 21.5. The molecule has 0 bridgehead atoms. The van der Waals surface area contributed by atoms with Crippen LogP contribution in [-0.4, -0.2) is 35.3 Å². The zero-order valence-electron chi connectivity index (χ0n) is 9.06. The highest BCUT2D eigenvalue weighted by molar-refractivity contribution is 7.93. The lowest BCUT2D eigenvalue weighted by Crippen LogP contribution is -2.32. The first kappa shape index (κ1) is 14.2. The van der Waals surface area contributed by atoms with Gasteiger partial charge in [-0.3, -0.25) is 0 Å². The minimum atomic E-state index is -2.75. The van der Waals surface area contributed by atoms with E-state index in [1.165, 1.54) is 0 Å². The van der Waals surface area contributed by atoms with E-state index in [0.29, 0.717) is 5.75 Å². The maximum atomic E-state index is 11.5. The van der Waals surface area contributed by atoms with Gasteiger partial charge < -0.3 is 10.2 Å². The second-order valence-corrected chi connectivity index (χ2v) is 6.10. The van der Waals surface area contributed by atoms with Crippen LogP contribution in [0.2, 0.25) is 0 Å². The third kappa shape index (κ3) is 3.37. The van der Waals surface area contributed by atoms with Gasteiger partial charge >= 0.3 is 6.16 Å². The molecular weight excluding hydrogens is 220 g/mol. The Kier molecular flexibility index (Phi) is 5.07. The van der Waals surface area contributed by atoms with Crippen molar-refractivity contribution < 1.29 is 23.4 Å². The van der Waals surface area contributed by atoms with Crippen LogP contribution in [0.3, 0.4) is 0 Å². The van der Waals surface area contributed by atoms with Crippen molar-refractivity contribution in [1.29, 1.82) is 0 Å². The van der Waals surface area contributed by atoms with Crippen LogP contribution in [0.5, 0.6) is 0 Å². The van der Waals surface area contributed by atoms with E-state index in [2.05, 4.69) is 0 Å². The average molecular weight is 238 g/mol. The van der Waals surface area contributed by atoms with Crippen molar-refractivity contribution in [3.05, 3.63) is 0 Å². The molecular formula is C9H18O5S. The van der Waals surface area contributed by atoms with Gasteiger partial charge in [-0.2, -0.15) is 0 Å². The molecule has 1 aliphatic heterocycles. The molecule has 2 N–H and O–H groups in total. The average Bonchev–Trinajstić information content (AvgIpc) is 2.40. The molecule has 0 saturated carbocycles. The van der Waals surface area contributed by atoms with Gasteiger partial charge in [-0.1, -0.05) is 13.8 Å². The molecule has 0 aromatic rings. The minimum Gasteiger partial charge on any atom is -0.450 e. The Morgan fingerprint density at radius 2 is 1.67 bits per heavy atom. The summed E-state index contributed by atoms with van der Waals surface area (Å²) in [4.78, 5) is 8.56. The van der Waals surface area contributed by atoms with E-state index >= 15 is 0 Å². The molecule has 0 aromatic heterocycles. The van der Waals surface area contributed by atoms with Crippen LogP contribution in [0.25, 0.3) is 0 Å². The van der Waals surface area contributed by atoms with E-state index < -0.39 is 16.0 Å². The summed E-state index contributed by atoms with van der Waals surface area (Å²) in [5.74, 6) is 0.411. The summed E-state index contributed by atoms with van der Waals surface area (Å²) in [6.07, 6.45) is 1.48. The molecule has 0 spiro atoms. The van der Waals surface area contributed by atoms with Gasteiger partial charge in [-0.05, 0) is 25.7 Å². The van der Waals surface area contributed by atoms with Crippen molar-refractivity contribution in [2.75, 3.05) is 5.75 Å². The summed E-state index contributed by atoms with van der Waals surface area (Å²) in [5, 5.41) is 13.9. The summed E-state index contributed by atoms with van der Waals surface area (Å²) in [7, 11) is -2.75. The molecule has 0 aromatic carbocycles. The quantitative estimate of drug-likeness (QED) is 0.767. The summed E-state index contributed by atoms with van der Waals surface area (Å²) in [6.45, 7) is 3.96. The van der Waals surface area contributed by atoms with E-state index in [9.17, 15) is 8.42 Å². The van der Waals surface area contributed by atoms with Gasteiger partial charge in [0.15, 0.2) is 9.84 Å². The van der Waals surface area contributed by atoms with Crippen molar-refractivity contribution in [1.82, 2.24) is 0 Å². The van der Waals surface area contributed by atoms with Crippen molar-refractivity contribution in [2.24, 2.45) is 0 Å². The van der Waals surface area contributed by atoms with Crippen molar-refractivity contribution in [3.63, 3.8) is 0 Å². The fraction of sp³-hybridized carbons (Fsp3) is 0.889. The maximum Gasteiger partial charge on any atom is 0.503 e. The van der Waals surface area contributed by atoms with E-state index in [1.54, 1.807) is 0 Å². The van der Waals surface area contributed by atoms with Gasteiger partial charge in [-0.15, -0.1) is 0 Å². The Hall–Kier alpha value is -0.780. The molecule has 0 atom stereocenters. The zero-order valence-corrected chi connectivity index (χ0v) is 9.88. The maximum absolute atomic E-state index is 11.5. The van der Waals surface area contributed by atoms with Crippen LogP contribution < -0.4 is 0 Å². The largest absolute Gasteiger partial charge is 0.503 e. The predicted octanol–water partition coefficient (Wildman–Crippen LogP) is 1.98. The molecule has 15 heavy (non-hydrogen) atoms. The van der Waals surface area contributed by atoms with E-state index in [0.717, 1.165) is 25.7 Å². The van der Waals surface area contributed by atoms with Crippen LogP contribution in [0, 0.1) is 0 Å². The molecule has 1 aliphatic rings. The molecule has 0 amide bonds. The monoisotopic (exact) mass is 238 g/mol. The van der Waals surface area contributed by atoms with Gasteiger partial charge in [0, 0.05) is 0 Å². The van der Waals surface area contributed by atoms with Gasteiger partial charge in [-0.25, -0.2) is 13.2 Å². The fourth-order valence-electron chi connectivity index (χ4n) is 2.00. The van der Waals surface area contributed by atoms with Gasteiger partial charge in [0.05, 0.1) is 10.5 Å². The number of carbonyl (C=O) groups is 1. The second-order valence-electron chi connectivity index (χ2n) is 3.60. The van der Waals surface area contributed by atoms with Gasteiger partial charge in [0.1, 0.15) is 0 Å². The summed E-state index contributed by atoms with van der Waals surface area (Å²) >= 11 is 0. The van der Waals surface area contributed by atoms with E-state index in [1.807, 2.05) is 13.8 Å². The molecule has 0 aliphatic carbocycles. The number of hydrogen-bond acceptors (Lipinski definition) is 3. The lowest BCUT2D eigenvalue weighted by Gasteiger charge is -2.24. The summed E-state index contributed by atoms with van der Waals surface area (Å²) in [6, 6.07) is 0. The third-order valence-electron chi connectivity index (χ3n) is 2.99. The Bertz CT molecular complexity index is 298. The second kappa shape index (κ2) is 5.34. The van der Waals surface area contributed by atoms with Gasteiger partial charge in [0.25, 0.3) is 0 Å². The Morgan fingerprint density at radius 3 is 1.80 bits per heavy atom.